The van der Waals surface area contributed by atoms with E-state index in [4.69, 9.17) is 19.3 Å². The second-order valence-electron chi connectivity index (χ2n) is 4.90. The van der Waals surface area contributed by atoms with Gasteiger partial charge in [0.2, 0.25) is 0 Å². The fourth-order valence-electron chi connectivity index (χ4n) is 1.42. The molecule has 0 saturated heterocycles. The molecule has 114 valence electrons. The first-order valence-corrected chi connectivity index (χ1v) is 7.02. The molecule has 0 aliphatic rings. The van der Waals surface area contributed by atoms with Crippen LogP contribution in [0.25, 0.3) is 0 Å². The van der Waals surface area contributed by atoms with Crippen LogP contribution in [0.4, 0.5) is 0 Å². The Hall–Kier alpha value is -0.650. The van der Waals surface area contributed by atoms with E-state index in [-0.39, 0.29) is 24.7 Å². The van der Waals surface area contributed by atoms with Gasteiger partial charge in [0.15, 0.2) is 0 Å². The Kier molecular flexibility index (Phi) is 10.8. The molecule has 1 N–H and O–H groups in total. The molecule has 5 heteroatoms. The number of carbonyl (C=O) groups is 1. The van der Waals surface area contributed by atoms with Crippen LogP contribution in [-0.4, -0.2) is 49.2 Å². The molecule has 0 aromatic heterocycles. The molecule has 0 aromatic rings. The number of aliphatic carboxylic acids is 1. The van der Waals surface area contributed by atoms with Crippen molar-refractivity contribution in [3.63, 3.8) is 0 Å². The minimum Gasteiger partial charge on any atom is -0.481 e. The molecule has 5 nitrogen and oxygen atoms in total. The average Bonchev–Trinajstić information content (AvgIpc) is 2.37. The van der Waals surface area contributed by atoms with Crippen LogP contribution in [0.1, 0.15) is 47.0 Å². The van der Waals surface area contributed by atoms with Crippen LogP contribution < -0.4 is 0 Å². The fraction of sp³-hybridized carbons (Fsp3) is 0.929. The molecule has 0 saturated carbocycles. The Morgan fingerprint density at radius 3 is 2.05 bits per heavy atom. The van der Waals surface area contributed by atoms with Gasteiger partial charge in [0.05, 0.1) is 31.5 Å². The van der Waals surface area contributed by atoms with E-state index in [2.05, 4.69) is 6.92 Å². The molecule has 0 aliphatic carbocycles. The highest BCUT2D eigenvalue weighted by molar-refractivity contribution is 5.66. The summed E-state index contributed by atoms with van der Waals surface area (Å²) >= 11 is 0. The van der Waals surface area contributed by atoms with Crippen LogP contribution in [0.15, 0.2) is 0 Å². The maximum atomic E-state index is 10.4. The molecule has 19 heavy (non-hydrogen) atoms. The van der Waals surface area contributed by atoms with Crippen molar-refractivity contribution in [1.82, 2.24) is 0 Å². The highest BCUT2D eigenvalue weighted by Gasteiger charge is 2.10. The summed E-state index contributed by atoms with van der Waals surface area (Å²) in [6.07, 6.45) is 1.68. The second kappa shape index (κ2) is 11.2. The third kappa shape index (κ3) is 12.1. The van der Waals surface area contributed by atoms with Crippen molar-refractivity contribution in [2.75, 3.05) is 19.8 Å². The zero-order valence-electron chi connectivity index (χ0n) is 12.6. The van der Waals surface area contributed by atoms with E-state index < -0.39 is 5.97 Å². The Labute approximate surface area is 116 Å². The minimum atomic E-state index is -0.790. The van der Waals surface area contributed by atoms with Gasteiger partial charge in [0.1, 0.15) is 0 Å². The number of ether oxygens (including phenoxy) is 3. The van der Waals surface area contributed by atoms with Gasteiger partial charge in [-0.3, -0.25) is 4.79 Å². The normalized spacial score (nSPS) is 16.0. The van der Waals surface area contributed by atoms with Crippen LogP contribution in [0.2, 0.25) is 0 Å². The topological polar surface area (TPSA) is 65.0 Å². The van der Waals surface area contributed by atoms with E-state index in [9.17, 15) is 4.79 Å². The van der Waals surface area contributed by atoms with Crippen LogP contribution >= 0.6 is 0 Å². The quantitative estimate of drug-likeness (QED) is 0.593. The molecule has 0 radical (unpaired) electrons. The Bertz CT molecular complexity index is 232. The average molecular weight is 276 g/mol. The first-order chi connectivity index (χ1) is 8.95. The maximum absolute atomic E-state index is 10.4. The standard InChI is InChI=1S/C14H28O5/c1-5-8-17-12(3)9-19-13(4)10-18-11(2)6-7-14(15)16/h11-13H,5-10H2,1-4H3,(H,15,16). The molecule has 3 atom stereocenters. The molecular formula is C14H28O5. The van der Waals surface area contributed by atoms with E-state index in [1.165, 1.54) is 0 Å². The number of rotatable bonds is 12. The third-order valence-corrected chi connectivity index (χ3v) is 2.60. The summed E-state index contributed by atoms with van der Waals surface area (Å²) in [5, 5.41) is 8.56. The summed E-state index contributed by atoms with van der Waals surface area (Å²) in [4.78, 5) is 10.4. The highest BCUT2D eigenvalue weighted by atomic mass is 16.6. The summed E-state index contributed by atoms with van der Waals surface area (Å²) < 4.78 is 16.6. The van der Waals surface area contributed by atoms with Crippen molar-refractivity contribution in [2.45, 2.75) is 65.3 Å². The molecular weight excluding hydrogens is 248 g/mol. The summed E-state index contributed by atoms with van der Waals surface area (Å²) in [6.45, 7) is 9.65. The van der Waals surface area contributed by atoms with Crippen LogP contribution in [0.3, 0.4) is 0 Å². The predicted octanol–water partition coefficient (Wildman–Crippen LogP) is 2.48. The second-order valence-corrected chi connectivity index (χ2v) is 4.90. The smallest absolute Gasteiger partial charge is 0.303 e. The highest BCUT2D eigenvalue weighted by Crippen LogP contribution is 2.04. The fourth-order valence-corrected chi connectivity index (χ4v) is 1.42. The van der Waals surface area contributed by atoms with Crippen LogP contribution in [-0.2, 0) is 19.0 Å². The van der Waals surface area contributed by atoms with Crippen molar-refractivity contribution in [1.29, 1.82) is 0 Å². The van der Waals surface area contributed by atoms with E-state index >= 15 is 0 Å². The predicted molar refractivity (Wildman–Crippen MR) is 73.4 cm³/mol. The van der Waals surface area contributed by atoms with Gasteiger partial charge in [-0.15, -0.1) is 0 Å². The lowest BCUT2D eigenvalue weighted by Gasteiger charge is -2.19. The first-order valence-electron chi connectivity index (χ1n) is 7.02. The molecule has 0 amide bonds. The molecule has 0 spiro atoms. The molecule has 0 fully saturated rings. The Morgan fingerprint density at radius 1 is 1.00 bits per heavy atom. The third-order valence-electron chi connectivity index (χ3n) is 2.60. The van der Waals surface area contributed by atoms with Crippen molar-refractivity contribution in [3.8, 4) is 0 Å². The van der Waals surface area contributed by atoms with E-state index in [1.54, 1.807) is 0 Å². The minimum absolute atomic E-state index is 0.0139. The zero-order valence-corrected chi connectivity index (χ0v) is 12.6. The van der Waals surface area contributed by atoms with Gasteiger partial charge in [-0.1, -0.05) is 6.92 Å². The summed E-state index contributed by atoms with van der Waals surface area (Å²) in [7, 11) is 0. The van der Waals surface area contributed by atoms with Crippen LogP contribution in [0, 0.1) is 0 Å². The SMILES string of the molecule is CCCOC(C)COC(C)COC(C)CCC(=O)O. The van der Waals surface area contributed by atoms with Gasteiger partial charge in [-0.2, -0.15) is 0 Å². The summed E-state index contributed by atoms with van der Waals surface area (Å²) in [5.74, 6) is -0.790. The van der Waals surface area contributed by atoms with Crippen molar-refractivity contribution in [2.24, 2.45) is 0 Å². The monoisotopic (exact) mass is 276 g/mol. The number of hydrogen-bond donors (Lipinski definition) is 1. The lowest BCUT2D eigenvalue weighted by atomic mass is 10.2. The van der Waals surface area contributed by atoms with E-state index in [0.29, 0.717) is 19.6 Å². The molecule has 0 aromatic carbocycles. The van der Waals surface area contributed by atoms with Gasteiger partial charge in [-0.25, -0.2) is 0 Å². The van der Waals surface area contributed by atoms with Gasteiger partial charge >= 0.3 is 5.97 Å². The van der Waals surface area contributed by atoms with Crippen molar-refractivity contribution < 1.29 is 24.1 Å². The molecule has 0 rings (SSSR count). The first kappa shape index (κ1) is 18.4. The molecule has 0 heterocycles. The van der Waals surface area contributed by atoms with Gasteiger partial charge in [0, 0.05) is 13.0 Å². The molecule has 3 unspecified atom stereocenters. The van der Waals surface area contributed by atoms with Gasteiger partial charge < -0.3 is 19.3 Å². The summed E-state index contributed by atoms with van der Waals surface area (Å²) in [6, 6.07) is 0. The lowest BCUT2D eigenvalue weighted by molar-refractivity contribution is -0.138. The molecule has 0 aliphatic heterocycles. The van der Waals surface area contributed by atoms with Crippen LogP contribution in [0.5, 0.6) is 0 Å². The Morgan fingerprint density at radius 2 is 1.53 bits per heavy atom. The zero-order chi connectivity index (χ0) is 14.7. The number of carboxylic acid groups (broad SMARTS) is 1. The molecule has 0 bridgehead atoms. The van der Waals surface area contributed by atoms with Crippen molar-refractivity contribution >= 4 is 5.97 Å². The summed E-state index contributed by atoms with van der Waals surface area (Å²) in [5.41, 5.74) is 0. The van der Waals surface area contributed by atoms with Gasteiger partial charge in [-0.05, 0) is 33.6 Å². The lowest BCUT2D eigenvalue weighted by Crippen LogP contribution is -2.25. The number of carboxylic acids is 1. The Balaban J connectivity index is 3.57. The van der Waals surface area contributed by atoms with E-state index in [1.807, 2.05) is 20.8 Å². The largest absolute Gasteiger partial charge is 0.481 e. The van der Waals surface area contributed by atoms with Crippen molar-refractivity contribution in [3.05, 3.63) is 0 Å². The van der Waals surface area contributed by atoms with E-state index in [0.717, 1.165) is 13.0 Å². The number of hydrogen-bond acceptors (Lipinski definition) is 4. The van der Waals surface area contributed by atoms with Gasteiger partial charge in [0.25, 0.3) is 0 Å². The maximum Gasteiger partial charge on any atom is 0.303 e.